The van der Waals surface area contributed by atoms with Crippen LogP contribution in [0.4, 0.5) is 0 Å². The lowest BCUT2D eigenvalue weighted by Crippen LogP contribution is -2.62. The van der Waals surface area contributed by atoms with Crippen molar-refractivity contribution < 1.29 is 33.1 Å². The largest absolute Gasteiger partial charge is 0.543 e. The van der Waals surface area contributed by atoms with E-state index in [0.717, 1.165) is 16.7 Å². The Balaban J connectivity index is 1.85. The molecule has 0 aromatic heterocycles. The lowest BCUT2D eigenvalue weighted by molar-refractivity contribution is -0.157. The molecule has 302 valence electrons. The lowest BCUT2D eigenvalue weighted by atomic mass is 10.00. The number of methoxy groups -OCH3 is 1. The van der Waals surface area contributed by atoms with Gasteiger partial charge in [0.2, 0.25) is 20.1 Å². The van der Waals surface area contributed by atoms with E-state index in [1.807, 2.05) is 62.4 Å². The number of nitrogens with zero attached hydrogens (tertiary/aromatic N) is 1. The Hall–Kier alpha value is -4.26. The molecule has 55 heavy (non-hydrogen) atoms. The van der Waals surface area contributed by atoms with E-state index in [9.17, 15) is 19.2 Å². The molecular weight excluding hydrogens is 713 g/mol. The summed E-state index contributed by atoms with van der Waals surface area (Å²) in [5.41, 5.74) is 5.63. The second-order valence-electron chi connectivity index (χ2n) is 16.3. The molecule has 0 spiro atoms. The quantitative estimate of drug-likeness (QED) is 0.0785. The third-order valence-corrected chi connectivity index (χ3v) is 14.8. The van der Waals surface area contributed by atoms with Gasteiger partial charge in [-0.1, -0.05) is 83.7 Å². The lowest BCUT2D eigenvalue weighted by Gasteiger charge is -2.37. The number of ether oxygens (including phenoxy) is 2. The molecule has 2 aromatic carbocycles. The van der Waals surface area contributed by atoms with Crippen molar-refractivity contribution in [1.82, 2.24) is 21.1 Å². The molecule has 0 radical (unpaired) electrons. The first kappa shape index (κ1) is 45.1. The number of nitrogens with one attached hydrogen (secondary N) is 3. The van der Waals surface area contributed by atoms with Crippen molar-refractivity contribution in [3.63, 3.8) is 0 Å². The first-order chi connectivity index (χ1) is 25.9. The fourth-order valence-electron chi connectivity index (χ4n) is 6.03. The average Bonchev–Trinajstić information content (AvgIpc) is 3.14. The predicted octanol–water partition coefficient (Wildman–Crippen LogP) is 7.05. The van der Waals surface area contributed by atoms with Gasteiger partial charge in [0.25, 0.3) is 5.91 Å². The van der Waals surface area contributed by atoms with E-state index in [2.05, 4.69) is 63.1 Å². The van der Waals surface area contributed by atoms with Gasteiger partial charge in [0.1, 0.15) is 30.0 Å². The third kappa shape index (κ3) is 13.5. The zero-order valence-electron chi connectivity index (χ0n) is 34.4. The molecule has 1 saturated heterocycles. The van der Waals surface area contributed by atoms with Gasteiger partial charge in [0.05, 0.1) is 12.5 Å². The Morgan fingerprint density at radius 3 is 2.38 bits per heavy atom. The molecule has 5 atom stereocenters. The summed E-state index contributed by atoms with van der Waals surface area (Å²) in [6, 6.07) is 12.5. The van der Waals surface area contributed by atoms with Crippen LogP contribution in [0, 0.1) is 5.92 Å². The molecule has 1 aliphatic heterocycles. The van der Waals surface area contributed by atoms with E-state index >= 15 is 0 Å². The Morgan fingerprint density at radius 2 is 1.75 bits per heavy atom. The van der Waals surface area contributed by atoms with Crippen LogP contribution in [-0.2, 0) is 35.1 Å². The summed E-state index contributed by atoms with van der Waals surface area (Å²) in [7, 11) is -0.610. The summed E-state index contributed by atoms with van der Waals surface area (Å²) in [5.74, 6) is -1.28. The van der Waals surface area contributed by atoms with Crippen LogP contribution in [0.2, 0.25) is 18.1 Å². The highest BCUT2D eigenvalue weighted by Gasteiger charge is 2.39. The SMILES string of the molecule is C=CCCC(CC(=O)N[C@H](C(=O)NC(Cc1cccc(O[Si](C)(C)C(C)(C)C)c1)C(=O)N1CCCC(C(=O)O[C@H](C)c2cccc(C=C)c2)N1)C(C)C)OC. The normalized spacial score (nSPS) is 17.0. The minimum atomic E-state index is -2.16. The molecule has 1 heterocycles. The summed E-state index contributed by atoms with van der Waals surface area (Å²) < 4.78 is 17.9. The zero-order chi connectivity index (χ0) is 40.9. The summed E-state index contributed by atoms with van der Waals surface area (Å²) in [6.45, 7) is 24.2. The second kappa shape index (κ2) is 20.6. The molecule has 0 aliphatic carbocycles. The Morgan fingerprint density at radius 1 is 1.04 bits per heavy atom. The maximum Gasteiger partial charge on any atom is 0.325 e. The number of amides is 3. The van der Waals surface area contributed by atoms with Gasteiger partial charge in [-0.2, -0.15) is 0 Å². The summed E-state index contributed by atoms with van der Waals surface area (Å²) in [5, 5.41) is 7.23. The van der Waals surface area contributed by atoms with Crippen molar-refractivity contribution in [2.75, 3.05) is 13.7 Å². The molecule has 1 aliphatic rings. The van der Waals surface area contributed by atoms with Crippen LogP contribution in [0.3, 0.4) is 0 Å². The number of carbonyl (C=O) groups excluding carboxylic acids is 4. The molecule has 0 bridgehead atoms. The van der Waals surface area contributed by atoms with Gasteiger partial charge >= 0.3 is 5.97 Å². The van der Waals surface area contributed by atoms with Crippen LogP contribution in [0.5, 0.6) is 5.75 Å². The van der Waals surface area contributed by atoms with Crippen LogP contribution in [0.1, 0.15) is 96.4 Å². The minimum absolute atomic E-state index is 0.0221. The first-order valence-corrected chi connectivity index (χ1v) is 22.3. The second-order valence-corrected chi connectivity index (χ2v) is 21.0. The standard InChI is InChI=1S/C43H64N4O7Si/c1-12-14-21-34(52-9)28-38(48)45-39(29(3)4)40(49)44-37(27-32-19-16-22-35(26-32)54-55(10,11)43(6,7)8)41(50)47-24-17-23-36(46-47)42(51)53-30(5)33-20-15-18-31(13-2)25-33/h12-13,15-16,18-20,22,25-26,29-30,34,36-37,39,46H,1-2,14,17,21,23-24,27-28H2,3-11H3,(H,44,49)(H,45,48)/t30-,34?,36?,37?,39+/m1/s1. The molecule has 12 heteroatoms. The van der Waals surface area contributed by atoms with Gasteiger partial charge in [0.15, 0.2) is 0 Å². The number of rotatable bonds is 19. The highest BCUT2D eigenvalue weighted by Crippen LogP contribution is 2.37. The summed E-state index contributed by atoms with van der Waals surface area (Å²) in [6.07, 6.45) is 5.23. The van der Waals surface area contributed by atoms with E-state index in [1.165, 1.54) is 5.01 Å². The zero-order valence-corrected chi connectivity index (χ0v) is 35.4. The maximum atomic E-state index is 14.4. The van der Waals surface area contributed by atoms with E-state index in [-0.39, 0.29) is 35.8 Å². The first-order valence-electron chi connectivity index (χ1n) is 19.4. The third-order valence-electron chi connectivity index (χ3n) is 10.5. The van der Waals surface area contributed by atoms with E-state index in [4.69, 9.17) is 13.9 Å². The summed E-state index contributed by atoms with van der Waals surface area (Å²) in [4.78, 5) is 55.0. The van der Waals surface area contributed by atoms with Crippen molar-refractivity contribution >= 4 is 38.1 Å². The van der Waals surface area contributed by atoms with Crippen LogP contribution in [0.15, 0.2) is 67.8 Å². The van der Waals surface area contributed by atoms with E-state index in [0.29, 0.717) is 38.0 Å². The Kier molecular flexibility index (Phi) is 16.9. The van der Waals surface area contributed by atoms with E-state index < -0.39 is 50.3 Å². The van der Waals surface area contributed by atoms with Crippen molar-refractivity contribution in [3.05, 3.63) is 84.5 Å². The predicted molar refractivity (Wildman–Crippen MR) is 220 cm³/mol. The minimum Gasteiger partial charge on any atom is -0.543 e. The van der Waals surface area contributed by atoms with Gasteiger partial charge in [-0.3, -0.25) is 24.2 Å². The van der Waals surface area contributed by atoms with Crippen LogP contribution in [-0.4, -0.2) is 74.9 Å². The average molecular weight is 777 g/mol. The molecule has 0 saturated carbocycles. The number of carbonyl (C=O) groups is 4. The van der Waals surface area contributed by atoms with Crippen molar-refractivity contribution in [2.24, 2.45) is 5.92 Å². The number of hydrazine groups is 1. The van der Waals surface area contributed by atoms with Crippen LogP contribution in [0.25, 0.3) is 6.08 Å². The highest BCUT2D eigenvalue weighted by atomic mass is 28.4. The molecule has 11 nitrogen and oxygen atoms in total. The maximum absolute atomic E-state index is 14.4. The van der Waals surface area contributed by atoms with Crippen LogP contribution < -0.4 is 20.5 Å². The van der Waals surface area contributed by atoms with Crippen LogP contribution >= 0.6 is 0 Å². The van der Waals surface area contributed by atoms with Crippen molar-refractivity contribution in [2.45, 2.75) is 129 Å². The fraction of sp³-hybridized carbons (Fsp3) is 0.535. The highest BCUT2D eigenvalue weighted by molar-refractivity contribution is 6.74. The Bertz CT molecular complexity index is 1640. The topological polar surface area (TPSA) is 135 Å². The molecule has 3 unspecified atom stereocenters. The molecule has 1 fully saturated rings. The van der Waals surface area contributed by atoms with Gasteiger partial charge in [0, 0.05) is 20.1 Å². The van der Waals surface area contributed by atoms with E-state index in [1.54, 1.807) is 26.2 Å². The van der Waals surface area contributed by atoms with Gasteiger partial charge in [-0.05, 0) is 91.5 Å². The fourth-order valence-corrected chi connectivity index (χ4v) is 7.05. The number of hydrogen-bond acceptors (Lipinski definition) is 8. The Labute approximate surface area is 329 Å². The van der Waals surface area contributed by atoms with Crippen molar-refractivity contribution in [3.8, 4) is 5.75 Å². The molecule has 3 rings (SSSR count). The molecule has 3 N–H and O–H groups in total. The number of benzene rings is 2. The molecule has 2 aromatic rings. The monoisotopic (exact) mass is 776 g/mol. The van der Waals surface area contributed by atoms with Gasteiger partial charge in [-0.25, -0.2) is 5.43 Å². The molecular formula is C43H64N4O7Si. The smallest absolute Gasteiger partial charge is 0.325 e. The van der Waals surface area contributed by atoms with Crippen molar-refractivity contribution in [1.29, 1.82) is 0 Å². The number of esters is 1. The number of hydrogen-bond donors (Lipinski definition) is 3. The summed E-state index contributed by atoms with van der Waals surface area (Å²) >= 11 is 0. The van der Waals surface area contributed by atoms with Gasteiger partial charge < -0.3 is 24.5 Å². The van der Waals surface area contributed by atoms with Gasteiger partial charge in [-0.15, -0.1) is 6.58 Å². The number of allylic oxidation sites excluding steroid dienone is 1. The molecule has 3 amide bonds.